The van der Waals surface area contributed by atoms with Crippen molar-refractivity contribution in [2.75, 3.05) is 14.2 Å². The van der Waals surface area contributed by atoms with Gasteiger partial charge in [-0.1, -0.05) is 6.92 Å². The first-order valence-electron chi connectivity index (χ1n) is 5.91. The van der Waals surface area contributed by atoms with E-state index in [1.807, 2.05) is 22.8 Å². The molecule has 0 aliphatic heterocycles. The molecule has 0 aliphatic rings. The zero-order valence-electron chi connectivity index (χ0n) is 10.9. The molecule has 18 heavy (non-hydrogen) atoms. The smallest absolute Gasteiger partial charge is 0.143 e. The summed E-state index contributed by atoms with van der Waals surface area (Å²) in [4.78, 5) is 0. The number of methoxy groups -OCH3 is 2. The molecule has 1 aromatic heterocycles. The number of rotatable bonds is 5. The van der Waals surface area contributed by atoms with Gasteiger partial charge in [0.2, 0.25) is 0 Å². The van der Waals surface area contributed by atoms with Crippen LogP contribution in [0, 0.1) is 0 Å². The minimum Gasteiger partial charge on any atom is -0.497 e. The van der Waals surface area contributed by atoms with Gasteiger partial charge in [0.15, 0.2) is 0 Å². The maximum atomic E-state index is 5.37. The fourth-order valence-corrected chi connectivity index (χ4v) is 1.84. The first-order chi connectivity index (χ1) is 8.80. The minimum atomic E-state index is 0.771. The molecule has 5 heteroatoms. The molecule has 96 valence electrons. The maximum Gasteiger partial charge on any atom is 0.143 e. The van der Waals surface area contributed by atoms with E-state index in [1.165, 1.54) is 0 Å². The Bertz CT molecular complexity index is 523. The Morgan fingerprint density at radius 3 is 2.72 bits per heavy atom. The van der Waals surface area contributed by atoms with E-state index in [9.17, 15) is 0 Å². The van der Waals surface area contributed by atoms with Crippen LogP contribution in [0.2, 0.25) is 0 Å². The SMILES string of the molecule is CCCc1nncn1-c1cc(OC)ccc1OC. The van der Waals surface area contributed by atoms with Crippen molar-refractivity contribution in [2.45, 2.75) is 19.8 Å². The number of hydrogen-bond donors (Lipinski definition) is 0. The predicted octanol–water partition coefficient (Wildman–Crippen LogP) is 2.24. The van der Waals surface area contributed by atoms with Crippen LogP contribution in [0.3, 0.4) is 0 Å². The number of hydrogen-bond acceptors (Lipinski definition) is 4. The van der Waals surface area contributed by atoms with Gasteiger partial charge in [-0.25, -0.2) is 0 Å². The summed E-state index contributed by atoms with van der Waals surface area (Å²) < 4.78 is 12.5. The van der Waals surface area contributed by atoms with Crippen LogP contribution >= 0.6 is 0 Å². The van der Waals surface area contributed by atoms with E-state index in [1.54, 1.807) is 20.5 Å². The first-order valence-corrected chi connectivity index (χ1v) is 5.91. The van der Waals surface area contributed by atoms with E-state index in [-0.39, 0.29) is 0 Å². The Balaban J connectivity index is 2.50. The Hall–Kier alpha value is -2.04. The first kappa shape index (κ1) is 12.4. The molecule has 0 spiro atoms. The summed E-state index contributed by atoms with van der Waals surface area (Å²) >= 11 is 0. The van der Waals surface area contributed by atoms with Gasteiger partial charge in [-0.2, -0.15) is 0 Å². The molecule has 0 radical (unpaired) electrons. The third-order valence-electron chi connectivity index (χ3n) is 2.74. The second-order valence-corrected chi connectivity index (χ2v) is 3.90. The van der Waals surface area contributed by atoms with Crippen LogP contribution < -0.4 is 9.47 Å². The maximum absolute atomic E-state index is 5.37. The molecular formula is C13H17N3O2. The lowest BCUT2D eigenvalue weighted by Gasteiger charge is -2.12. The normalized spacial score (nSPS) is 10.4. The van der Waals surface area contributed by atoms with Crippen molar-refractivity contribution < 1.29 is 9.47 Å². The van der Waals surface area contributed by atoms with Crippen molar-refractivity contribution >= 4 is 0 Å². The highest BCUT2D eigenvalue weighted by Crippen LogP contribution is 2.28. The lowest BCUT2D eigenvalue weighted by atomic mass is 10.2. The molecule has 1 heterocycles. The Morgan fingerprint density at radius 2 is 2.06 bits per heavy atom. The van der Waals surface area contributed by atoms with Crippen molar-refractivity contribution in [3.63, 3.8) is 0 Å². The van der Waals surface area contributed by atoms with Gasteiger partial charge in [-0.05, 0) is 18.6 Å². The fraction of sp³-hybridized carbons (Fsp3) is 0.385. The quantitative estimate of drug-likeness (QED) is 0.813. The summed E-state index contributed by atoms with van der Waals surface area (Å²) in [5, 5.41) is 8.09. The van der Waals surface area contributed by atoms with E-state index in [0.29, 0.717) is 0 Å². The third-order valence-corrected chi connectivity index (χ3v) is 2.74. The van der Waals surface area contributed by atoms with Crippen molar-refractivity contribution in [3.05, 3.63) is 30.4 Å². The van der Waals surface area contributed by atoms with Crippen molar-refractivity contribution in [3.8, 4) is 17.2 Å². The summed E-state index contributed by atoms with van der Waals surface area (Å²) in [7, 11) is 3.29. The third kappa shape index (κ3) is 2.30. The predicted molar refractivity (Wildman–Crippen MR) is 68.5 cm³/mol. The van der Waals surface area contributed by atoms with E-state index >= 15 is 0 Å². The average molecular weight is 247 g/mol. The van der Waals surface area contributed by atoms with Crippen LogP contribution in [-0.2, 0) is 6.42 Å². The van der Waals surface area contributed by atoms with Gasteiger partial charge < -0.3 is 9.47 Å². The number of benzene rings is 1. The molecule has 0 saturated heterocycles. The molecular weight excluding hydrogens is 230 g/mol. The van der Waals surface area contributed by atoms with Crippen LogP contribution in [0.5, 0.6) is 11.5 Å². The monoisotopic (exact) mass is 247 g/mol. The van der Waals surface area contributed by atoms with E-state index < -0.39 is 0 Å². The molecule has 0 fully saturated rings. The van der Waals surface area contributed by atoms with Gasteiger partial charge in [0.1, 0.15) is 23.7 Å². The highest BCUT2D eigenvalue weighted by atomic mass is 16.5. The summed E-state index contributed by atoms with van der Waals surface area (Å²) in [5.41, 5.74) is 0.894. The molecule has 0 amide bonds. The van der Waals surface area contributed by atoms with E-state index in [0.717, 1.165) is 35.9 Å². The fourth-order valence-electron chi connectivity index (χ4n) is 1.84. The van der Waals surface area contributed by atoms with Gasteiger partial charge in [-0.15, -0.1) is 10.2 Å². The van der Waals surface area contributed by atoms with Crippen LogP contribution in [0.25, 0.3) is 5.69 Å². The van der Waals surface area contributed by atoms with Gasteiger partial charge in [0, 0.05) is 12.5 Å². The van der Waals surface area contributed by atoms with Gasteiger partial charge in [0.05, 0.1) is 19.9 Å². The summed E-state index contributed by atoms with van der Waals surface area (Å²) in [6, 6.07) is 5.66. The minimum absolute atomic E-state index is 0.771. The van der Waals surface area contributed by atoms with Crippen molar-refractivity contribution in [1.82, 2.24) is 14.8 Å². The van der Waals surface area contributed by atoms with Crippen LogP contribution in [0.15, 0.2) is 24.5 Å². The zero-order valence-corrected chi connectivity index (χ0v) is 10.9. The molecule has 5 nitrogen and oxygen atoms in total. The van der Waals surface area contributed by atoms with Crippen molar-refractivity contribution in [2.24, 2.45) is 0 Å². The van der Waals surface area contributed by atoms with Gasteiger partial charge >= 0.3 is 0 Å². The molecule has 0 aliphatic carbocycles. The molecule has 0 N–H and O–H groups in total. The van der Waals surface area contributed by atoms with Gasteiger partial charge in [0.25, 0.3) is 0 Å². The average Bonchev–Trinajstić information content (AvgIpc) is 2.86. The largest absolute Gasteiger partial charge is 0.497 e. The Labute approximate surface area is 106 Å². The number of aromatic nitrogens is 3. The Morgan fingerprint density at radius 1 is 1.22 bits per heavy atom. The topological polar surface area (TPSA) is 49.2 Å². The molecule has 2 aromatic rings. The van der Waals surface area contributed by atoms with Crippen LogP contribution in [0.1, 0.15) is 19.2 Å². The second-order valence-electron chi connectivity index (χ2n) is 3.90. The standard InChI is InChI=1S/C13H17N3O2/c1-4-5-13-15-14-9-16(13)11-8-10(17-2)6-7-12(11)18-3/h6-9H,4-5H2,1-3H3. The molecule has 0 saturated carbocycles. The van der Waals surface area contributed by atoms with Crippen LogP contribution in [0.4, 0.5) is 0 Å². The highest BCUT2D eigenvalue weighted by molar-refractivity contribution is 5.51. The lowest BCUT2D eigenvalue weighted by Crippen LogP contribution is -2.03. The van der Waals surface area contributed by atoms with Crippen LogP contribution in [-0.4, -0.2) is 29.0 Å². The summed E-state index contributed by atoms with van der Waals surface area (Å²) in [6.07, 6.45) is 3.59. The zero-order chi connectivity index (χ0) is 13.0. The summed E-state index contributed by atoms with van der Waals surface area (Å²) in [6.45, 7) is 2.11. The number of aryl methyl sites for hydroxylation is 1. The molecule has 2 rings (SSSR count). The second kappa shape index (κ2) is 5.53. The van der Waals surface area contributed by atoms with E-state index in [2.05, 4.69) is 17.1 Å². The molecule has 0 bridgehead atoms. The highest BCUT2D eigenvalue weighted by Gasteiger charge is 2.11. The molecule has 1 aromatic carbocycles. The van der Waals surface area contributed by atoms with Crippen molar-refractivity contribution in [1.29, 1.82) is 0 Å². The number of nitrogens with zero attached hydrogens (tertiary/aromatic N) is 3. The molecule has 0 unspecified atom stereocenters. The Kier molecular flexibility index (Phi) is 3.82. The number of ether oxygens (including phenoxy) is 2. The lowest BCUT2D eigenvalue weighted by molar-refractivity contribution is 0.401. The van der Waals surface area contributed by atoms with Gasteiger partial charge in [-0.3, -0.25) is 4.57 Å². The van der Waals surface area contributed by atoms with E-state index in [4.69, 9.17) is 9.47 Å². The summed E-state index contributed by atoms with van der Waals surface area (Å²) in [5.74, 6) is 2.47. The molecule has 0 atom stereocenters.